The topological polar surface area (TPSA) is 102 Å². The molecule has 10 heteroatoms. The Morgan fingerprint density at radius 1 is 1.10 bits per heavy atom. The van der Waals surface area contributed by atoms with Crippen molar-refractivity contribution in [3.05, 3.63) is 58.9 Å². The number of nitrogens with one attached hydrogen (secondary N) is 2. The Labute approximate surface area is 183 Å². The molecule has 5 rings (SSSR count). The molecule has 0 aliphatic heterocycles. The van der Waals surface area contributed by atoms with Crippen LogP contribution in [0.4, 0.5) is 4.39 Å². The molecule has 0 heterocycles. The van der Waals surface area contributed by atoms with Gasteiger partial charge in [-0.15, -0.1) is 0 Å². The number of carbonyl (C=O) groups is 2. The molecule has 2 aromatic rings. The first-order valence-electron chi connectivity index (χ1n) is 9.51. The molecule has 2 amide bonds. The number of amides is 2. The maximum atomic E-state index is 13.4. The minimum atomic E-state index is -3.53. The van der Waals surface area contributed by atoms with Crippen LogP contribution in [0.25, 0.3) is 0 Å². The van der Waals surface area contributed by atoms with E-state index in [0.717, 1.165) is 12.3 Å². The second kappa shape index (κ2) is 7.49. The number of ether oxygens (including phenoxy) is 1. The average Bonchev–Trinajstić information content (AvgIpc) is 2.65. The van der Waals surface area contributed by atoms with Crippen LogP contribution in [-0.4, -0.2) is 44.2 Å². The molecule has 0 unspecified atom stereocenters. The SMILES string of the molecule is CS(=O)(=O)c1ccccc1C(=O)NC12CC(NC(=O)COc3ccc(Cl)c(F)c3)(C1)C2. The maximum absolute atomic E-state index is 13.4. The fourth-order valence-corrected chi connectivity index (χ4v) is 5.39. The van der Waals surface area contributed by atoms with Gasteiger partial charge in [-0.1, -0.05) is 23.7 Å². The Kier molecular flexibility index (Phi) is 5.21. The fraction of sp³-hybridized carbons (Fsp3) is 0.333. The van der Waals surface area contributed by atoms with Gasteiger partial charge in [0, 0.05) is 23.4 Å². The van der Waals surface area contributed by atoms with Crippen LogP contribution >= 0.6 is 11.6 Å². The summed E-state index contributed by atoms with van der Waals surface area (Å²) in [6, 6.07) is 9.99. The molecular weight excluding hydrogens is 447 g/mol. The molecular formula is C21H20ClFN2O5S. The molecule has 0 atom stereocenters. The summed E-state index contributed by atoms with van der Waals surface area (Å²) >= 11 is 5.61. The molecule has 3 aliphatic carbocycles. The Balaban J connectivity index is 1.29. The Hall–Kier alpha value is -2.65. The van der Waals surface area contributed by atoms with Crippen LogP contribution in [-0.2, 0) is 14.6 Å². The van der Waals surface area contributed by atoms with E-state index in [1.54, 1.807) is 12.1 Å². The van der Waals surface area contributed by atoms with Gasteiger partial charge < -0.3 is 15.4 Å². The molecule has 2 bridgehead atoms. The van der Waals surface area contributed by atoms with E-state index >= 15 is 0 Å². The van der Waals surface area contributed by atoms with Crippen LogP contribution in [0.5, 0.6) is 5.75 Å². The van der Waals surface area contributed by atoms with E-state index in [0.29, 0.717) is 19.3 Å². The molecule has 31 heavy (non-hydrogen) atoms. The quantitative estimate of drug-likeness (QED) is 0.652. The van der Waals surface area contributed by atoms with Gasteiger partial charge in [-0.05, 0) is 43.5 Å². The number of sulfone groups is 1. The first-order valence-corrected chi connectivity index (χ1v) is 11.8. The zero-order valence-electron chi connectivity index (χ0n) is 16.6. The van der Waals surface area contributed by atoms with E-state index in [1.807, 2.05) is 0 Å². The van der Waals surface area contributed by atoms with Gasteiger partial charge in [0.15, 0.2) is 16.4 Å². The van der Waals surface area contributed by atoms with Gasteiger partial charge in [-0.2, -0.15) is 0 Å². The summed E-state index contributed by atoms with van der Waals surface area (Å²) in [5.41, 5.74) is -0.749. The molecule has 3 fully saturated rings. The van der Waals surface area contributed by atoms with Gasteiger partial charge in [0.05, 0.1) is 15.5 Å². The predicted molar refractivity (Wildman–Crippen MR) is 111 cm³/mol. The Bertz CT molecular complexity index is 1160. The van der Waals surface area contributed by atoms with Crippen molar-refractivity contribution in [2.24, 2.45) is 0 Å². The van der Waals surface area contributed by atoms with Crippen molar-refractivity contribution in [2.75, 3.05) is 12.9 Å². The first kappa shape index (κ1) is 21.6. The van der Waals surface area contributed by atoms with Gasteiger partial charge >= 0.3 is 0 Å². The van der Waals surface area contributed by atoms with Gasteiger partial charge in [0.1, 0.15) is 11.6 Å². The molecule has 0 spiro atoms. The fourth-order valence-electron chi connectivity index (χ4n) is 4.39. The smallest absolute Gasteiger partial charge is 0.258 e. The largest absolute Gasteiger partial charge is 0.484 e. The minimum Gasteiger partial charge on any atom is -0.484 e. The highest BCUT2D eigenvalue weighted by Crippen LogP contribution is 2.60. The van der Waals surface area contributed by atoms with E-state index in [9.17, 15) is 22.4 Å². The van der Waals surface area contributed by atoms with Crippen LogP contribution in [0.15, 0.2) is 47.4 Å². The van der Waals surface area contributed by atoms with Crippen molar-refractivity contribution in [1.29, 1.82) is 0 Å². The van der Waals surface area contributed by atoms with Crippen molar-refractivity contribution in [2.45, 2.75) is 35.2 Å². The normalized spacial score (nSPS) is 23.8. The third-order valence-electron chi connectivity index (χ3n) is 5.61. The van der Waals surface area contributed by atoms with E-state index in [1.165, 1.54) is 24.3 Å². The zero-order chi connectivity index (χ0) is 22.4. The number of hydrogen-bond acceptors (Lipinski definition) is 5. The van der Waals surface area contributed by atoms with Crippen LogP contribution in [0.3, 0.4) is 0 Å². The summed E-state index contributed by atoms with van der Waals surface area (Å²) in [5, 5.41) is 5.78. The molecule has 0 radical (unpaired) electrons. The van der Waals surface area contributed by atoms with Crippen LogP contribution in [0.2, 0.25) is 5.02 Å². The summed E-state index contributed by atoms with van der Waals surface area (Å²) in [7, 11) is -3.53. The van der Waals surface area contributed by atoms with Crippen LogP contribution in [0.1, 0.15) is 29.6 Å². The monoisotopic (exact) mass is 466 g/mol. The third kappa shape index (κ3) is 4.24. The number of rotatable bonds is 7. The molecule has 7 nitrogen and oxygen atoms in total. The third-order valence-corrected chi connectivity index (χ3v) is 7.07. The Morgan fingerprint density at radius 2 is 1.74 bits per heavy atom. The number of benzene rings is 2. The van der Waals surface area contributed by atoms with Crippen molar-refractivity contribution in [3.63, 3.8) is 0 Å². The van der Waals surface area contributed by atoms with Gasteiger partial charge in [0.2, 0.25) is 0 Å². The molecule has 164 valence electrons. The van der Waals surface area contributed by atoms with Crippen molar-refractivity contribution in [1.82, 2.24) is 10.6 Å². The maximum Gasteiger partial charge on any atom is 0.258 e. The average molecular weight is 467 g/mol. The number of halogens is 2. The summed E-state index contributed by atoms with van der Waals surface area (Å²) in [4.78, 5) is 24.8. The summed E-state index contributed by atoms with van der Waals surface area (Å²) in [5.74, 6) is -1.23. The summed E-state index contributed by atoms with van der Waals surface area (Å²) < 4.78 is 42.6. The van der Waals surface area contributed by atoms with E-state index < -0.39 is 32.6 Å². The Morgan fingerprint density at radius 3 is 2.39 bits per heavy atom. The first-order chi connectivity index (χ1) is 14.5. The van der Waals surface area contributed by atoms with Crippen molar-refractivity contribution in [3.8, 4) is 5.75 Å². The molecule has 2 aromatic carbocycles. The van der Waals surface area contributed by atoms with Crippen LogP contribution in [0, 0.1) is 5.82 Å². The highest BCUT2D eigenvalue weighted by atomic mass is 35.5. The number of carbonyl (C=O) groups excluding carboxylic acids is 2. The standard InChI is InChI=1S/C21H20ClFN2O5S/c1-31(28,29)17-5-3-2-4-14(17)19(27)25-21-10-20(11-21,12-21)24-18(26)9-30-13-6-7-15(22)16(23)8-13/h2-8H,9-12H2,1H3,(H,24,26)(H,25,27). The lowest BCUT2D eigenvalue weighted by atomic mass is 9.44. The van der Waals surface area contributed by atoms with E-state index in [-0.39, 0.29) is 33.7 Å². The van der Waals surface area contributed by atoms with Crippen molar-refractivity contribution < 1.29 is 27.1 Å². The number of hydrogen-bond donors (Lipinski definition) is 2. The minimum absolute atomic E-state index is 0.0158. The second-order valence-corrected chi connectivity index (χ2v) is 10.6. The zero-order valence-corrected chi connectivity index (χ0v) is 18.1. The van der Waals surface area contributed by atoms with E-state index in [2.05, 4.69) is 10.6 Å². The second-order valence-electron chi connectivity index (χ2n) is 8.23. The summed E-state index contributed by atoms with van der Waals surface area (Å²) in [6.07, 6.45) is 2.71. The van der Waals surface area contributed by atoms with Crippen molar-refractivity contribution >= 4 is 33.3 Å². The van der Waals surface area contributed by atoms with Gasteiger partial charge in [-0.3, -0.25) is 9.59 Å². The van der Waals surface area contributed by atoms with E-state index in [4.69, 9.17) is 16.3 Å². The molecule has 0 saturated heterocycles. The predicted octanol–water partition coefficient (Wildman–Crippen LogP) is 2.48. The molecule has 2 N–H and O–H groups in total. The van der Waals surface area contributed by atoms with Crippen LogP contribution < -0.4 is 15.4 Å². The lowest BCUT2D eigenvalue weighted by Gasteiger charge is -2.70. The lowest BCUT2D eigenvalue weighted by molar-refractivity contribution is -0.141. The highest BCUT2D eigenvalue weighted by molar-refractivity contribution is 7.90. The molecule has 0 aromatic heterocycles. The van der Waals surface area contributed by atoms with Gasteiger partial charge in [-0.25, -0.2) is 12.8 Å². The molecule has 3 aliphatic rings. The lowest BCUT2D eigenvalue weighted by Crippen LogP contribution is -2.84. The van der Waals surface area contributed by atoms with Gasteiger partial charge in [0.25, 0.3) is 11.8 Å². The summed E-state index contributed by atoms with van der Waals surface area (Å²) in [6.45, 7) is -0.274. The highest BCUT2D eigenvalue weighted by Gasteiger charge is 2.69. The molecule has 3 saturated carbocycles.